The maximum absolute atomic E-state index is 14.1. The van der Waals surface area contributed by atoms with E-state index in [1.54, 1.807) is 18.2 Å². The molecule has 0 unspecified atom stereocenters. The number of benzene rings is 2. The maximum atomic E-state index is 14.1. The molecular formula is C16H9ClF2N2. The minimum absolute atomic E-state index is 0.155. The van der Waals surface area contributed by atoms with Crippen LogP contribution in [-0.4, -0.2) is 4.57 Å². The second-order valence-corrected chi connectivity index (χ2v) is 4.99. The summed E-state index contributed by atoms with van der Waals surface area (Å²) in [7, 11) is 0. The van der Waals surface area contributed by atoms with Crippen LogP contribution in [0.5, 0.6) is 0 Å². The Balaban J connectivity index is 2.23. The first-order valence-electron chi connectivity index (χ1n) is 6.22. The van der Waals surface area contributed by atoms with Crippen LogP contribution in [0.15, 0.2) is 42.5 Å². The molecule has 0 saturated heterocycles. The maximum Gasteiger partial charge on any atom is 0.147 e. The van der Waals surface area contributed by atoms with Gasteiger partial charge in [0.2, 0.25) is 0 Å². The Hall–Kier alpha value is -2.38. The predicted molar refractivity (Wildman–Crippen MR) is 77.1 cm³/mol. The zero-order valence-electron chi connectivity index (χ0n) is 10.8. The van der Waals surface area contributed by atoms with Gasteiger partial charge in [0.15, 0.2) is 0 Å². The van der Waals surface area contributed by atoms with E-state index in [-0.39, 0.29) is 28.6 Å². The van der Waals surface area contributed by atoms with Gasteiger partial charge in [-0.25, -0.2) is 8.78 Å². The van der Waals surface area contributed by atoms with Crippen LogP contribution in [0.25, 0.3) is 10.9 Å². The van der Waals surface area contributed by atoms with E-state index in [1.807, 2.05) is 6.07 Å². The van der Waals surface area contributed by atoms with E-state index in [4.69, 9.17) is 11.6 Å². The van der Waals surface area contributed by atoms with Crippen molar-refractivity contribution in [3.8, 4) is 6.07 Å². The van der Waals surface area contributed by atoms with Crippen molar-refractivity contribution in [3.05, 3.63) is 70.4 Å². The summed E-state index contributed by atoms with van der Waals surface area (Å²) in [5.41, 5.74) is 1.12. The van der Waals surface area contributed by atoms with Gasteiger partial charge < -0.3 is 4.57 Å². The van der Waals surface area contributed by atoms with Crippen molar-refractivity contribution in [3.63, 3.8) is 0 Å². The summed E-state index contributed by atoms with van der Waals surface area (Å²) in [6.07, 6.45) is 0. The Morgan fingerprint density at radius 2 is 1.90 bits per heavy atom. The normalized spacial score (nSPS) is 10.8. The smallest absolute Gasteiger partial charge is 0.147 e. The van der Waals surface area contributed by atoms with E-state index in [0.717, 1.165) is 0 Å². The molecular weight excluding hydrogens is 294 g/mol. The van der Waals surface area contributed by atoms with Gasteiger partial charge in [0, 0.05) is 11.9 Å². The highest BCUT2D eigenvalue weighted by molar-refractivity contribution is 6.32. The molecule has 1 aromatic heterocycles. The number of para-hydroxylation sites is 1. The molecule has 0 atom stereocenters. The number of nitrogens with zero attached hydrogens (tertiary/aromatic N) is 2. The van der Waals surface area contributed by atoms with Crippen molar-refractivity contribution in [2.45, 2.75) is 6.54 Å². The van der Waals surface area contributed by atoms with Gasteiger partial charge in [0.25, 0.3) is 0 Å². The summed E-state index contributed by atoms with van der Waals surface area (Å²) in [5, 5.41) is 9.81. The molecule has 0 N–H and O–H groups in total. The van der Waals surface area contributed by atoms with Gasteiger partial charge >= 0.3 is 0 Å². The Morgan fingerprint density at radius 3 is 2.62 bits per heavy atom. The van der Waals surface area contributed by atoms with Crippen LogP contribution in [0.3, 0.4) is 0 Å². The van der Waals surface area contributed by atoms with Gasteiger partial charge in [-0.3, -0.25) is 0 Å². The van der Waals surface area contributed by atoms with Crippen molar-refractivity contribution in [2.75, 3.05) is 0 Å². The third-order valence-corrected chi connectivity index (χ3v) is 3.70. The first-order valence-corrected chi connectivity index (χ1v) is 6.60. The van der Waals surface area contributed by atoms with Crippen LogP contribution in [0, 0.1) is 23.0 Å². The summed E-state index contributed by atoms with van der Waals surface area (Å²) < 4.78 is 28.8. The Bertz CT molecular complexity index is 878. The highest BCUT2D eigenvalue weighted by atomic mass is 35.5. The first-order chi connectivity index (χ1) is 10.1. The summed E-state index contributed by atoms with van der Waals surface area (Å²) in [4.78, 5) is 0. The lowest BCUT2D eigenvalue weighted by atomic mass is 10.2. The van der Waals surface area contributed by atoms with Crippen molar-refractivity contribution in [1.29, 1.82) is 5.26 Å². The average Bonchev–Trinajstić information content (AvgIpc) is 2.72. The largest absolute Gasteiger partial charge is 0.324 e. The van der Waals surface area contributed by atoms with E-state index in [0.29, 0.717) is 10.9 Å². The number of halogens is 3. The monoisotopic (exact) mass is 302 g/mol. The third-order valence-electron chi connectivity index (χ3n) is 3.31. The molecule has 1 heterocycles. The predicted octanol–water partition coefficient (Wildman–Crippen LogP) is 4.49. The van der Waals surface area contributed by atoms with Crippen LogP contribution in [-0.2, 0) is 6.54 Å². The molecule has 104 valence electrons. The zero-order valence-corrected chi connectivity index (χ0v) is 11.5. The van der Waals surface area contributed by atoms with Crippen molar-refractivity contribution >= 4 is 22.5 Å². The lowest BCUT2D eigenvalue weighted by Gasteiger charge is -2.08. The number of nitriles is 1. The Kier molecular flexibility index (Phi) is 3.36. The molecule has 0 saturated carbocycles. The summed E-state index contributed by atoms with van der Waals surface area (Å²) >= 11 is 6.19. The molecule has 0 bridgehead atoms. The molecule has 2 nitrogen and oxygen atoms in total. The zero-order chi connectivity index (χ0) is 15.0. The summed E-state index contributed by atoms with van der Waals surface area (Å²) in [6, 6.07) is 12.5. The number of rotatable bonds is 2. The minimum atomic E-state index is -0.465. The minimum Gasteiger partial charge on any atom is -0.324 e. The molecule has 2 aromatic carbocycles. The molecule has 3 rings (SSSR count). The number of hydrogen-bond donors (Lipinski definition) is 0. The van der Waals surface area contributed by atoms with E-state index in [2.05, 4.69) is 0 Å². The molecule has 21 heavy (non-hydrogen) atoms. The van der Waals surface area contributed by atoms with Crippen LogP contribution in [0.4, 0.5) is 8.78 Å². The number of hydrogen-bond acceptors (Lipinski definition) is 1. The molecule has 0 spiro atoms. The first kappa shape index (κ1) is 13.6. The van der Waals surface area contributed by atoms with E-state index in [1.165, 1.54) is 28.8 Å². The second-order valence-electron chi connectivity index (χ2n) is 4.63. The summed E-state index contributed by atoms with van der Waals surface area (Å²) in [6.45, 7) is 0.190. The molecule has 0 radical (unpaired) electrons. The van der Waals surface area contributed by atoms with E-state index < -0.39 is 5.82 Å². The third kappa shape index (κ3) is 2.26. The van der Waals surface area contributed by atoms with Crippen LogP contribution < -0.4 is 0 Å². The fourth-order valence-corrected chi connectivity index (χ4v) is 2.70. The van der Waals surface area contributed by atoms with Gasteiger partial charge in [0.05, 0.1) is 11.1 Å². The van der Waals surface area contributed by atoms with Gasteiger partial charge in [-0.15, -0.1) is 0 Å². The quantitative estimate of drug-likeness (QED) is 0.685. The van der Waals surface area contributed by atoms with Crippen molar-refractivity contribution in [2.24, 2.45) is 0 Å². The van der Waals surface area contributed by atoms with Gasteiger partial charge in [-0.2, -0.15) is 5.26 Å². The average molecular weight is 303 g/mol. The highest BCUT2D eigenvalue weighted by Crippen LogP contribution is 2.31. The van der Waals surface area contributed by atoms with Crippen LogP contribution in [0.2, 0.25) is 5.15 Å². The lowest BCUT2D eigenvalue weighted by molar-refractivity contribution is 0.620. The van der Waals surface area contributed by atoms with Crippen molar-refractivity contribution in [1.82, 2.24) is 4.57 Å². The van der Waals surface area contributed by atoms with Gasteiger partial charge in [-0.1, -0.05) is 35.9 Å². The Labute approximate surface area is 124 Å². The lowest BCUT2D eigenvalue weighted by Crippen LogP contribution is -2.01. The molecule has 0 fully saturated rings. The fraction of sp³-hybridized carbons (Fsp3) is 0.0625. The Morgan fingerprint density at radius 1 is 1.14 bits per heavy atom. The summed E-state index contributed by atoms with van der Waals surface area (Å²) in [5.74, 6) is -0.839. The number of aromatic nitrogens is 1. The highest BCUT2D eigenvalue weighted by Gasteiger charge is 2.18. The SMILES string of the molecule is N#Cc1c(Cl)n(Cc2cccc(F)c2)c2c(F)cccc12. The molecule has 0 aliphatic rings. The van der Waals surface area contributed by atoms with E-state index in [9.17, 15) is 14.0 Å². The van der Waals surface area contributed by atoms with Gasteiger partial charge in [-0.05, 0) is 23.8 Å². The van der Waals surface area contributed by atoms with E-state index >= 15 is 0 Å². The molecule has 5 heteroatoms. The molecule has 0 aliphatic carbocycles. The topological polar surface area (TPSA) is 28.7 Å². The second kappa shape index (κ2) is 5.19. The van der Waals surface area contributed by atoms with Crippen LogP contribution >= 0.6 is 11.6 Å². The standard InChI is InChI=1S/C16H9ClF2N2/c17-16-13(8-20)12-5-2-6-14(19)15(12)21(16)9-10-3-1-4-11(18)7-10/h1-7H,9H2. The fourth-order valence-electron chi connectivity index (χ4n) is 2.41. The molecule has 0 amide bonds. The van der Waals surface area contributed by atoms with Crippen molar-refractivity contribution < 1.29 is 8.78 Å². The van der Waals surface area contributed by atoms with Gasteiger partial charge in [0.1, 0.15) is 22.9 Å². The molecule has 0 aliphatic heterocycles. The molecule has 3 aromatic rings. The number of fused-ring (bicyclic) bond motifs is 1. The van der Waals surface area contributed by atoms with Crippen LogP contribution in [0.1, 0.15) is 11.1 Å².